The third-order valence-electron chi connectivity index (χ3n) is 4.96. The molecule has 0 bridgehead atoms. The summed E-state index contributed by atoms with van der Waals surface area (Å²) in [5.41, 5.74) is 1.58. The van der Waals surface area contributed by atoms with E-state index in [9.17, 15) is 4.79 Å². The third kappa shape index (κ3) is 3.61. The normalized spacial score (nSPS) is 21.1. The number of nitrogens with one attached hydrogen (secondary N) is 2. The smallest absolute Gasteiger partial charge is 0.277 e. The molecule has 4 rings (SSSR count). The number of hydrogen-bond donors (Lipinski definition) is 2. The van der Waals surface area contributed by atoms with E-state index in [1.165, 1.54) is 4.88 Å². The van der Waals surface area contributed by atoms with Crippen LogP contribution < -0.4 is 10.6 Å². The first-order valence-corrected chi connectivity index (χ1v) is 9.82. The minimum atomic E-state index is -0.180. The summed E-state index contributed by atoms with van der Waals surface area (Å²) in [5, 5.41) is 11.4. The van der Waals surface area contributed by atoms with E-state index >= 15 is 0 Å². The number of hydrogen-bond acceptors (Lipinski definition) is 6. The van der Waals surface area contributed by atoms with Crippen molar-refractivity contribution in [3.63, 3.8) is 0 Å². The van der Waals surface area contributed by atoms with E-state index in [1.807, 2.05) is 10.9 Å². The Morgan fingerprint density at radius 1 is 1.52 bits per heavy atom. The number of fused-ring (bicyclic) bond motifs is 1. The van der Waals surface area contributed by atoms with Gasteiger partial charge in [0.15, 0.2) is 10.8 Å². The summed E-state index contributed by atoms with van der Waals surface area (Å²) < 4.78 is 1.91. The molecule has 0 aromatic carbocycles. The van der Waals surface area contributed by atoms with Crippen molar-refractivity contribution in [1.82, 2.24) is 25.0 Å². The Morgan fingerprint density at radius 3 is 3.24 bits per heavy atom. The van der Waals surface area contributed by atoms with Gasteiger partial charge in [-0.2, -0.15) is 5.10 Å². The Hall–Kier alpha value is -1.77. The predicted octanol–water partition coefficient (Wildman–Crippen LogP) is 1.89. The van der Waals surface area contributed by atoms with Gasteiger partial charge in [-0.15, -0.1) is 11.3 Å². The topological polar surface area (TPSA) is 75.1 Å². The molecule has 1 saturated heterocycles. The lowest BCUT2D eigenvalue weighted by Crippen LogP contribution is -2.32. The Balaban J connectivity index is 1.42. The fraction of sp³-hybridized carbons (Fsp3) is 0.588. The van der Waals surface area contributed by atoms with Crippen LogP contribution in [0.3, 0.4) is 0 Å². The van der Waals surface area contributed by atoms with E-state index in [1.54, 1.807) is 17.4 Å². The number of amides is 1. The van der Waals surface area contributed by atoms with E-state index < -0.39 is 0 Å². The molecule has 2 aromatic rings. The van der Waals surface area contributed by atoms with Crippen LogP contribution in [0.1, 0.15) is 46.9 Å². The van der Waals surface area contributed by atoms with Crippen LogP contribution in [0.4, 0.5) is 5.13 Å². The van der Waals surface area contributed by atoms with Crippen LogP contribution in [0, 0.1) is 0 Å². The molecule has 8 heteroatoms. The second-order valence-corrected chi connectivity index (χ2v) is 7.73. The Kier molecular flexibility index (Phi) is 4.82. The highest BCUT2D eigenvalue weighted by atomic mass is 32.1. The molecule has 4 heterocycles. The zero-order valence-electron chi connectivity index (χ0n) is 14.5. The number of aromatic nitrogens is 3. The standard InChI is InChI=1S/C17H24N6OS/c1-2-22-8-5-13-15(11-22)25-17(19-13)20-16(24)14-6-9-23(21-14)12-4-3-7-18-10-12/h6,9,12,18H,2-5,7-8,10-11H2,1H3,(H,19,20,24). The number of piperidine rings is 1. The maximum atomic E-state index is 12.5. The first-order valence-electron chi connectivity index (χ1n) is 9.01. The van der Waals surface area contributed by atoms with E-state index in [-0.39, 0.29) is 5.91 Å². The van der Waals surface area contributed by atoms with Gasteiger partial charge in [0.1, 0.15) is 0 Å². The van der Waals surface area contributed by atoms with Crippen LogP contribution in [0.15, 0.2) is 12.3 Å². The van der Waals surface area contributed by atoms with Gasteiger partial charge in [0.05, 0.1) is 11.7 Å². The van der Waals surface area contributed by atoms with Crippen LogP contribution in [0.5, 0.6) is 0 Å². The van der Waals surface area contributed by atoms with Crippen molar-refractivity contribution in [1.29, 1.82) is 0 Å². The van der Waals surface area contributed by atoms with Crippen molar-refractivity contribution in [2.45, 2.75) is 38.8 Å². The summed E-state index contributed by atoms with van der Waals surface area (Å²) in [6.45, 7) is 7.17. The SMILES string of the molecule is CCN1CCc2nc(NC(=O)c3ccn(C4CCCNC4)n3)sc2C1. The lowest BCUT2D eigenvalue weighted by atomic mass is 10.1. The zero-order chi connectivity index (χ0) is 17.2. The quantitative estimate of drug-likeness (QED) is 0.871. The Bertz CT molecular complexity index is 748. The van der Waals surface area contributed by atoms with Crippen LogP contribution in [-0.4, -0.2) is 51.8 Å². The molecule has 2 aliphatic heterocycles. The van der Waals surface area contributed by atoms with Gasteiger partial charge in [-0.05, 0) is 32.0 Å². The average Bonchev–Trinajstić information content (AvgIpc) is 3.28. The molecule has 0 spiro atoms. The van der Waals surface area contributed by atoms with Crippen LogP contribution in [0.2, 0.25) is 0 Å². The number of carbonyl (C=O) groups is 1. The van der Waals surface area contributed by atoms with Gasteiger partial charge >= 0.3 is 0 Å². The molecule has 0 saturated carbocycles. The highest BCUT2D eigenvalue weighted by Gasteiger charge is 2.22. The summed E-state index contributed by atoms with van der Waals surface area (Å²) in [4.78, 5) is 20.8. The lowest BCUT2D eigenvalue weighted by Gasteiger charge is -2.23. The summed E-state index contributed by atoms with van der Waals surface area (Å²) in [6, 6.07) is 2.12. The molecule has 1 unspecified atom stereocenters. The fourth-order valence-corrected chi connectivity index (χ4v) is 4.50. The van der Waals surface area contributed by atoms with Gasteiger partial charge in [-0.25, -0.2) is 4.98 Å². The number of thiazole rings is 1. The molecule has 0 radical (unpaired) electrons. The predicted molar refractivity (Wildman–Crippen MR) is 98.1 cm³/mol. The number of anilines is 1. The largest absolute Gasteiger partial charge is 0.315 e. The second kappa shape index (κ2) is 7.23. The minimum Gasteiger partial charge on any atom is -0.315 e. The maximum absolute atomic E-state index is 12.5. The second-order valence-electron chi connectivity index (χ2n) is 6.64. The molecule has 1 amide bonds. The Labute approximate surface area is 151 Å². The fourth-order valence-electron chi connectivity index (χ4n) is 3.45. The number of likely N-dealkylation sites (N-methyl/N-ethyl adjacent to an activating group) is 1. The molecule has 2 aliphatic rings. The first kappa shape index (κ1) is 16.7. The number of carbonyl (C=O) groups excluding carboxylic acids is 1. The van der Waals surface area contributed by atoms with Gasteiger partial charge < -0.3 is 5.32 Å². The van der Waals surface area contributed by atoms with Crippen LogP contribution in [-0.2, 0) is 13.0 Å². The number of nitrogens with zero attached hydrogens (tertiary/aromatic N) is 4. The molecule has 2 aromatic heterocycles. The van der Waals surface area contributed by atoms with Crippen molar-refractivity contribution in [3.8, 4) is 0 Å². The van der Waals surface area contributed by atoms with Crippen molar-refractivity contribution in [2.24, 2.45) is 0 Å². The molecule has 134 valence electrons. The molecule has 25 heavy (non-hydrogen) atoms. The highest BCUT2D eigenvalue weighted by molar-refractivity contribution is 7.15. The molecular weight excluding hydrogens is 336 g/mol. The molecule has 0 aliphatic carbocycles. The third-order valence-corrected chi connectivity index (χ3v) is 5.96. The van der Waals surface area contributed by atoms with Gasteiger partial charge in [-0.1, -0.05) is 6.92 Å². The Morgan fingerprint density at radius 2 is 2.44 bits per heavy atom. The van der Waals surface area contributed by atoms with E-state index in [4.69, 9.17) is 0 Å². The molecular formula is C17H24N6OS. The van der Waals surface area contributed by atoms with Crippen molar-refractivity contribution in [3.05, 3.63) is 28.5 Å². The maximum Gasteiger partial charge on any atom is 0.277 e. The summed E-state index contributed by atoms with van der Waals surface area (Å²) >= 11 is 1.58. The van der Waals surface area contributed by atoms with Gasteiger partial charge in [0.25, 0.3) is 5.91 Å². The van der Waals surface area contributed by atoms with E-state index in [0.29, 0.717) is 16.9 Å². The van der Waals surface area contributed by atoms with E-state index in [2.05, 4.69) is 32.5 Å². The molecule has 7 nitrogen and oxygen atoms in total. The monoisotopic (exact) mass is 360 g/mol. The van der Waals surface area contributed by atoms with Crippen molar-refractivity contribution < 1.29 is 4.79 Å². The van der Waals surface area contributed by atoms with Gasteiger partial charge in [-0.3, -0.25) is 19.7 Å². The first-order chi connectivity index (χ1) is 12.2. The highest BCUT2D eigenvalue weighted by Crippen LogP contribution is 2.28. The van der Waals surface area contributed by atoms with Crippen LogP contribution >= 0.6 is 11.3 Å². The molecule has 2 N–H and O–H groups in total. The van der Waals surface area contributed by atoms with Crippen molar-refractivity contribution >= 4 is 22.4 Å². The molecule has 1 atom stereocenters. The van der Waals surface area contributed by atoms with Crippen molar-refractivity contribution in [2.75, 3.05) is 31.5 Å². The lowest BCUT2D eigenvalue weighted by molar-refractivity contribution is 0.102. The average molecular weight is 360 g/mol. The zero-order valence-corrected chi connectivity index (χ0v) is 15.3. The summed E-state index contributed by atoms with van der Waals surface area (Å²) in [5.74, 6) is -0.180. The summed E-state index contributed by atoms with van der Waals surface area (Å²) in [7, 11) is 0. The minimum absolute atomic E-state index is 0.180. The summed E-state index contributed by atoms with van der Waals surface area (Å²) in [6.07, 6.45) is 5.10. The number of rotatable bonds is 4. The molecule has 1 fully saturated rings. The van der Waals surface area contributed by atoms with Gasteiger partial charge in [0.2, 0.25) is 0 Å². The van der Waals surface area contributed by atoms with Gasteiger partial charge in [0, 0.05) is 37.1 Å². The van der Waals surface area contributed by atoms with Crippen LogP contribution in [0.25, 0.3) is 0 Å². The van der Waals surface area contributed by atoms with E-state index in [0.717, 1.165) is 57.7 Å².